The minimum atomic E-state index is -1.00. The van der Waals surface area contributed by atoms with Crippen LogP contribution in [0.5, 0.6) is 11.5 Å². The Balaban J connectivity index is 1.68. The first-order chi connectivity index (χ1) is 15.1. The highest BCUT2D eigenvalue weighted by molar-refractivity contribution is 5.70. The summed E-state index contributed by atoms with van der Waals surface area (Å²) in [6.07, 6.45) is 4.54. The van der Waals surface area contributed by atoms with Crippen LogP contribution in [0.2, 0.25) is 0 Å². The Morgan fingerprint density at radius 3 is 2.62 bits per heavy atom. The van der Waals surface area contributed by atoms with Gasteiger partial charge in [-0.1, -0.05) is 32.4 Å². The summed E-state index contributed by atoms with van der Waals surface area (Å²) in [5.74, 6) is 1.40. The SMILES string of the molecule is COc1ccc2c3c1OC1C34CCN(C#N)C(C2)C4=C2C[C@@]1(OC)[C@H]2[C@@](C)(O)C(C)(C)C. The topological polar surface area (TPSA) is 75.0 Å². The smallest absolute Gasteiger partial charge is 0.179 e. The first-order valence-corrected chi connectivity index (χ1v) is 11.6. The third-order valence-corrected chi connectivity index (χ3v) is 9.59. The van der Waals surface area contributed by atoms with Gasteiger partial charge in [0.2, 0.25) is 0 Å². The minimum Gasteiger partial charge on any atom is -0.493 e. The van der Waals surface area contributed by atoms with Crippen molar-refractivity contribution in [2.45, 2.75) is 75.7 Å². The molecule has 6 atom stereocenters. The number of rotatable bonds is 3. The zero-order valence-electron chi connectivity index (χ0n) is 19.8. The van der Waals surface area contributed by atoms with Crippen molar-refractivity contribution in [3.05, 3.63) is 34.4 Å². The van der Waals surface area contributed by atoms with E-state index in [1.165, 1.54) is 22.3 Å². The summed E-state index contributed by atoms with van der Waals surface area (Å²) >= 11 is 0. The molecule has 4 bridgehead atoms. The zero-order valence-corrected chi connectivity index (χ0v) is 19.8. The molecule has 2 heterocycles. The number of hydrogen-bond donors (Lipinski definition) is 1. The van der Waals surface area contributed by atoms with E-state index in [1.807, 2.05) is 17.9 Å². The van der Waals surface area contributed by atoms with Crippen molar-refractivity contribution in [2.24, 2.45) is 11.3 Å². The van der Waals surface area contributed by atoms with Crippen LogP contribution >= 0.6 is 0 Å². The Bertz CT molecular complexity index is 1110. The van der Waals surface area contributed by atoms with E-state index < -0.39 is 11.2 Å². The predicted molar refractivity (Wildman–Crippen MR) is 118 cm³/mol. The standard InChI is InChI=1S/C26H32N2O4/c1-23(2,3)24(4,29)21-15-12-26(21,31-6)22-25-9-10-28(13-27)16(19(15)25)11-14-7-8-17(30-5)20(32-22)18(14)25/h7-8,16,21-22,29H,9-12H2,1-6H3/t16?,21-,22?,24-,25?,26-/m1/s1. The van der Waals surface area contributed by atoms with E-state index in [0.717, 1.165) is 30.8 Å². The van der Waals surface area contributed by atoms with Gasteiger partial charge in [0.1, 0.15) is 11.7 Å². The Morgan fingerprint density at radius 1 is 1.25 bits per heavy atom. The maximum atomic E-state index is 12.0. The van der Waals surface area contributed by atoms with Gasteiger partial charge in [-0.2, -0.15) is 5.26 Å². The number of hydrogen-bond acceptors (Lipinski definition) is 6. The van der Waals surface area contributed by atoms with Crippen molar-refractivity contribution < 1.29 is 19.3 Å². The molecule has 6 heteroatoms. The molecular weight excluding hydrogens is 404 g/mol. The molecule has 170 valence electrons. The van der Waals surface area contributed by atoms with Crippen LogP contribution in [0.1, 0.15) is 51.7 Å². The normalized spacial score (nSPS) is 37.7. The van der Waals surface area contributed by atoms with E-state index in [-0.39, 0.29) is 28.9 Å². The van der Waals surface area contributed by atoms with Crippen LogP contribution < -0.4 is 9.47 Å². The van der Waals surface area contributed by atoms with Gasteiger partial charge in [0.05, 0.1) is 24.2 Å². The van der Waals surface area contributed by atoms with Gasteiger partial charge in [0.25, 0.3) is 0 Å². The third kappa shape index (κ3) is 1.92. The maximum absolute atomic E-state index is 12.0. The van der Waals surface area contributed by atoms with Crippen LogP contribution in [-0.2, 0) is 16.6 Å². The molecule has 6 nitrogen and oxygen atoms in total. The molecule has 1 spiro atoms. The molecule has 2 aliphatic heterocycles. The van der Waals surface area contributed by atoms with Crippen LogP contribution in [0.15, 0.2) is 23.3 Å². The molecule has 0 radical (unpaired) electrons. The van der Waals surface area contributed by atoms with Crippen molar-refractivity contribution in [1.29, 1.82) is 5.26 Å². The molecule has 1 N–H and O–H groups in total. The highest BCUT2D eigenvalue weighted by atomic mass is 16.6. The monoisotopic (exact) mass is 436 g/mol. The molecule has 0 aromatic heterocycles. The van der Waals surface area contributed by atoms with E-state index in [9.17, 15) is 10.4 Å². The second-order valence-corrected chi connectivity index (χ2v) is 11.5. The number of piperidine rings is 1. The molecule has 0 amide bonds. The number of ether oxygens (including phenoxy) is 3. The third-order valence-electron chi connectivity index (χ3n) is 9.59. The summed E-state index contributed by atoms with van der Waals surface area (Å²) in [7, 11) is 3.45. The first-order valence-electron chi connectivity index (χ1n) is 11.6. The van der Waals surface area contributed by atoms with E-state index in [0.29, 0.717) is 6.54 Å². The van der Waals surface area contributed by atoms with Crippen LogP contribution in [0.4, 0.5) is 0 Å². The molecular formula is C26H32N2O4. The summed E-state index contributed by atoms with van der Waals surface area (Å²) in [6.45, 7) is 8.90. The van der Waals surface area contributed by atoms with Crippen LogP contribution in [0, 0.1) is 22.8 Å². The second kappa shape index (κ2) is 5.81. The number of aliphatic hydroxyl groups is 1. The lowest BCUT2D eigenvalue weighted by Gasteiger charge is -2.70. The van der Waals surface area contributed by atoms with Crippen molar-refractivity contribution >= 4 is 0 Å². The summed E-state index contributed by atoms with van der Waals surface area (Å²) in [5, 5.41) is 21.9. The minimum absolute atomic E-state index is 0.00937. The Labute approximate surface area is 189 Å². The molecule has 1 aromatic rings. The van der Waals surface area contributed by atoms with Gasteiger partial charge in [-0.05, 0) is 42.4 Å². The van der Waals surface area contributed by atoms with E-state index in [2.05, 4.69) is 33.0 Å². The van der Waals surface area contributed by atoms with E-state index in [4.69, 9.17) is 14.2 Å². The van der Waals surface area contributed by atoms with E-state index >= 15 is 0 Å². The fourth-order valence-corrected chi connectivity index (χ4v) is 7.73. The maximum Gasteiger partial charge on any atom is 0.179 e. The summed E-state index contributed by atoms with van der Waals surface area (Å²) < 4.78 is 18.9. The number of likely N-dealkylation sites (tertiary alicyclic amines) is 1. The van der Waals surface area contributed by atoms with Gasteiger partial charge in [0.15, 0.2) is 17.7 Å². The average Bonchev–Trinajstić information content (AvgIpc) is 3.07. The van der Waals surface area contributed by atoms with Crippen LogP contribution in [-0.4, -0.2) is 54.1 Å². The van der Waals surface area contributed by atoms with E-state index in [1.54, 1.807) is 14.2 Å². The summed E-state index contributed by atoms with van der Waals surface area (Å²) in [4.78, 5) is 1.94. The Kier molecular flexibility index (Phi) is 3.70. The molecule has 1 saturated heterocycles. The number of methoxy groups -OCH3 is 2. The average molecular weight is 437 g/mol. The predicted octanol–water partition coefficient (Wildman–Crippen LogP) is 3.32. The fourth-order valence-electron chi connectivity index (χ4n) is 7.73. The van der Waals surface area contributed by atoms with Crippen molar-refractivity contribution in [3.8, 4) is 17.7 Å². The lowest BCUT2D eigenvalue weighted by atomic mass is 9.39. The largest absolute Gasteiger partial charge is 0.493 e. The quantitative estimate of drug-likeness (QED) is 0.579. The van der Waals surface area contributed by atoms with Crippen LogP contribution in [0.25, 0.3) is 0 Å². The molecule has 7 rings (SSSR count). The molecule has 4 aliphatic carbocycles. The molecule has 32 heavy (non-hydrogen) atoms. The highest BCUT2D eigenvalue weighted by Crippen LogP contribution is 2.74. The Hall–Kier alpha value is -2.23. The van der Waals surface area contributed by atoms with Gasteiger partial charge < -0.3 is 24.2 Å². The molecule has 1 saturated carbocycles. The fraction of sp³-hybridized carbons (Fsp3) is 0.654. The lowest BCUT2D eigenvalue weighted by Crippen LogP contribution is -2.78. The van der Waals surface area contributed by atoms with Gasteiger partial charge >= 0.3 is 0 Å². The van der Waals surface area contributed by atoms with Crippen LogP contribution in [0.3, 0.4) is 0 Å². The van der Waals surface area contributed by atoms with Crippen molar-refractivity contribution in [1.82, 2.24) is 4.90 Å². The lowest BCUT2D eigenvalue weighted by molar-refractivity contribution is -0.243. The summed E-state index contributed by atoms with van der Waals surface area (Å²) in [6, 6.07) is 4.14. The van der Waals surface area contributed by atoms with Gasteiger partial charge in [-0.15, -0.1) is 0 Å². The molecule has 3 unspecified atom stereocenters. The molecule has 6 aliphatic rings. The number of nitriles is 1. The highest BCUT2D eigenvalue weighted by Gasteiger charge is 2.78. The van der Waals surface area contributed by atoms with Gasteiger partial charge in [0, 0.05) is 31.6 Å². The van der Waals surface area contributed by atoms with Crippen molar-refractivity contribution in [2.75, 3.05) is 20.8 Å². The molecule has 1 aromatic carbocycles. The Morgan fingerprint density at radius 2 is 2.00 bits per heavy atom. The number of nitrogens with zero attached hydrogens (tertiary/aromatic N) is 2. The number of benzene rings is 1. The second-order valence-electron chi connectivity index (χ2n) is 11.5. The molecule has 2 fully saturated rings. The van der Waals surface area contributed by atoms with Gasteiger partial charge in [-0.3, -0.25) is 0 Å². The first kappa shape index (κ1) is 20.4. The zero-order chi connectivity index (χ0) is 22.8. The summed E-state index contributed by atoms with van der Waals surface area (Å²) in [5.41, 5.74) is 2.77. The van der Waals surface area contributed by atoms with Gasteiger partial charge in [-0.25, -0.2) is 0 Å². The van der Waals surface area contributed by atoms with Crippen molar-refractivity contribution in [3.63, 3.8) is 0 Å².